The fraction of sp³-hybridized carbons (Fsp3) is 0.235. The van der Waals surface area contributed by atoms with Gasteiger partial charge in [0.1, 0.15) is 17.1 Å². The van der Waals surface area contributed by atoms with Gasteiger partial charge in [-0.3, -0.25) is 4.79 Å². The van der Waals surface area contributed by atoms with Crippen LogP contribution < -0.4 is 5.32 Å². The Kier molecular flexibility index (Phi) is 5.36. The normalized spacial score (nSPS) is 11.9. The van der Waals surface area contributed by atoms with Crippen molar-refractivity contribution in [2.75, 3.05) is 12.3 Å². The maximum absolute atomic E-state index is 13.1. The van der Waals surface area contributed by atoms with E-state index >= 15 is 0 Å². The van der Waals surface area contributed by atoms with Crippen LogP contribution in [0.15, 0.2) is 41.4 Å². The third-order valence-corrected chi connectivity index (χ3v) is 5.66. The number of nitrogens with one attached hydrogen (secondary N) is 1. The molecule has 28 heavy (non-hydrogen) atoms. The maximum Gasteiger partial charge on any atom is 0.280 e. The van der Waals surface area contributed by atoms with Crippen LogP contribution in [-0.2, 0) is 9.84 Å². The van der Waals surface area contributed by atoms with Crippen molar-refractivity contribution in [3.8, 4) is 0 Å². The zero-order valence-electron chi connectivity index (χ0n) is 14.6. The molecular formula is C17H15F3N4O3S. The van der Waals surface area contributed by atoms with Gasteiger partial charge in [-0.05, 0) is 37.3 Å². The van der Waals surface area contributed by atoms with Crippen LogP contribution in [0.5, 0.6) is 0 Å². The molecule has 1 amide bonds. The Labute approximate surface area is 158 Å². The zero-order valence-corrected chi connectivity index (χ0v) is 15.4. The van der Waals surface area contributed by atoms with E-state index in [0.717, 1.165) is 35.0 Å². The van der Waals surface area contributed by atoms with Gasteiger partial charge >= 0.3 is 0 Å². The first-order valence-corrected chi connectivity index (χ1v) is 9.74. The molecule has 0 spiro atoms. The van der Waals surface area contributed by atoms with Crippen molar-refractivity contribution in [2.24, 2.45) is 0 Å². The van der Waals surface area contributed by atoms with Gasteiger partial charge in [-0.2, -0.15) is 5.10 Å². The SMILES string of the molecule is Cc1cc(C(F)F)n2ncc(C(=O)NCCS(=O)(=O)c3ccc(F)cc3)c2n1. The Hall–Kier alpha value is -2.95. The minimum atomic E-state index is -3.73. The van der Waals surface area contributed by atoms with E-state index in [1.807, 2.05) is 0 Å². The van der Waals surface area contributed by atoms with Crippen LogP contribution in [0.1, 0.15) is 28.2 Å². The lowest BCUT2D eigenvalue weighted by atomic mass is 10.3. The molecule has 0 bridgehead atoms. The summed E-state index contributed by atoms with van der Waals surface area (Å²) in [5, 5.41) is 6.18. The van der Waals surface area contributed by atoms with E-state index in [-0.39, 0.29) is 28.3 Å². The molecule has 1 N–H and O–H groups in total. The number of fused-ring (bicyclic) bond motifs is 1. The van der Waals surface area contributed by atoms with Gasteiger partial charge in [-0.25, -0.2) is 31.1 Å². The molecule has 0 unspecified atom stereocenters. The number of rotatable bonds is 6. The first kappa shape index (κ1) is 19.8. The summed E-state index contributed by atoms with van der Waals surface area (Å²) >= 11 is 0. The van der Waals surface area contributed by atoms with E-state index in [2.05, 4.69) is 15.4 Å². The minimum absolute atomic E-state index is 0.0470. The fourth-order valence-electron chi connectivity index (χ4n) is 2.58. The van der Waals surface area contributed by atoms with Crippen LogP contribution in [0.2, 0.25) is 0 Å². The van der Waals surface area contributed by atoms with Crippen LogP contribution in [0.3, 0.4) is 0 Å². The summed E-state index contributed by atoms with van der Waals surface area (Å²) in [7, 11) is -3.73. The number of aromatic nitrogens is 3. The predicted molar refractivity (Wildman–Crippen MR) is 93.5 cm³/mol. The van der Waals surface area contributed by atoms with E-state index in [9.17, 15) is 26.4 Å². The topological polar surface area (TPSA) is 93.4 Å². The summed E-state index contributed by atoms with van der Waals surface area (Å²) in [5.74, 6) is -1.67. The molecule has 2 aromatic heterocycles. The van der Waals surface area contributed by atoms with Gasteiger partial charge in [0.2, 0.25) is 0 Å². The van der Waals surface area contributed by atoms with Crippen molar-refractivity contribution < 1.29 is 26.4 Å². The van der Waals surface area contributed by atoms with Crippen molar-refractivity contribution in [2.45, 2.75) is 18.2 Å². The van der Waals surface area contributed by atoms with Crippen molar-refractivity contribution in [3.63, 3.8) is 0 Å². The quantitative estimate of drug-likeness (QED) is 0.627. The Balaban J connectivity index is 1.74. The first-order valence-electron chi connectivity index (χ1n) is 8.09. The number of carbonyl (C=O) groups is 1. The molecule has 0 aliphatic rings. The molecule has 1 aromatic carbocycles. The Morgan fingerprint density at radius 2 is 1.93 bits per heavy atom. The molecule has 0 fully saturated rings. The molecule has 0 saturated heterocycles. The third-order valence-electron chi connectivity index (χ3n) is 3.92. The molecule has 3 rings (SSSR count). The van der Waals surface area contributed by atoms with Crippen LogP contribution in [0.25, 0.3) is 5.65 Å². The Morgan fingerprint density at radius 1 is 1.25 bits per heavy atom. The molecular weight excluding hydrogens is 397 g/mol. The molecule has 2 heterocycles. The van der Waals surface area contributed by atoms with Gasteiger partial charge in [0.05, 0.1) is 16.8 Å². The highest BCUT2D eigenvalue weighted by molar-refractivity contribution is 7.91. The summed E-state index contributed by atoms with van der Waals surface area (Å²) in [6, 6.07) is 5.49. The van der Waals surface area contributed by atoms with Crippen molar-refractivity contribution in [3.05, 3.63) is 59.3 Å². The van der Waals surface area contributed by atoms with Crippen LogP contribution in [-0.4, -0.2) is 41.2 Å². The summed E-state index contributed by atoms with van der Waals surface area (Å²) in [6.45, 7) is 1.28. The average molecular weight is 412 g/mol. The lowest BCUT2D eigenvalue weighted by Crippen LogP contribution is -2.29. The van der Waals surface area contributed by atoms with E-state index in [0.29, 0.717) is 0 Å². The predicted octanol–water partition coefficient (Wildman–Crippen LogP) is 2.32. The van der Waals surface area contributed by atoms with Gasteiger partial charge in [0.25, 0.3) is 12.3 Å². The third kappa shape index (κ3) is 3.98. The molecule has 0 radical (unpaired) electrons. The summed E-state index contributed by atoms with van der Waals surface area (Å²) in [6.07, 6.45) is -1.71. The lowest BCUT2D eigenvalue weighted by molar-refractivity contribution is 0.0957. The maximum atomic E-state index is 13.1. The number of aryl methyl sites for hydroxylation is 1. The van der Waals surface area contributed by atoms with Gasteiger partial charge in [-0.1, -0.05) is 0 Å². The second-order valence-corrected chi connectivity index (χ2v) is 8.05. The standard InChI is InChI=1S/C17H15F3N4O3S/c1-10-8-14(15(19)20)24-16(23-10)13(9-22-24)17(25)21-6-7-28(26,27)12-4-2-11(18)3-5-12/h2-5,8-9,15H,6-7H2,1H3,(H,21,25). The van der Waals surface area contributed by atoms with Gasteiger partial charge in [0, 0.05) is 12.2 Å². The number of hydrogen-bond donors (Lipinski definition) is 1. The molecule has 11 heteroatoms. The number of amides is 1. The average Bonchev–Trinajstić information content (AvgIpc) is 3.04. The molecule has 0 aliphatic carbocycles. The Bertz CT molecular complexity index is 1130. The number of hydrogen-bond acceptors (Lipinski definition) is 5. The largest absolute Gasteiger partial charge is 0.351 e. The van der Waals surface area contributed by atoms with Crippen molar-refractivity contribution in [1.29, 1.82) is 0 Å². The zero-order chi connectivity index (χ0) is 20.5. The highest BCUT2D eigenvalue weighted by Crippen LogP contribution is 2.21. The second-order valence-electron chi connectivity index (χ2n) is 5.95. The van der Waals surface area contributed by atoms with E-state index in [4.69, 9.17) is 0 Å². The highest BCUT2D eigenvalue weighted by Gasteiger charge is 2.21. The number of alkyl halides is 2. The number of sulfone groups is 1. The number of nitrogens with zero attached hydrogens (tertiary/aromatic N) is 3. The fourth-order valence-corrected chi connectivity index (χ4v) is 3.74. The summed E-state index contributed by atoms with van der Waals surface area (Å²) < 4.78 is 64.4. The van der Waals surface area contributed by atoms with Gasteiger partial charge < -0.3 is 5.32 Å². The van der Waals surface area contributed by atoms with Crippen LogP contribution in [0.4, 0.5) is 13.2 Å². The highest BCUT2D eigenvalue weighted by atomic mass is 32.2. The number of carbonyl (C=O) groups excluding carboxylic acids is 1. The molecule has 0 saturated carbocycles. The smallest absolute Gasteiger partial charge is 0.280 e. The Morgan fingerprint density at radius 3 is 2.57 bits per heavy atom. The molecule has 7 nitrogen and oxygen atoms in total. The van der Waals surface area contributed by atoms with Gasteiger partial charge in [0.15, 0.2) is 15.5 Å². The van der Waals surface area contributed by atoms with Gasteiger partial charge in [-0.15, -0.1) is 0 Å². The number of benzene rings is 1. The second kappa shape index (κ2) is 7.58. The molecule has 3 aromatic rings. The number of halogens is 3. The summed E-state index contributed by atoms with van der Waals surface area (Å²) in [4.78, 5) is 16.3. The van der Waals surface area contributed by atoms with Crippen molar-refractivity contribution in [1.82, 2.24) is 19.9 Å². The molecule has 0 atom stereocenters. The van der Waals surface area contributed by atoms with Crippen molar-refractivity contribution >= 4 is 21.4 Å². The monoisotopic (exact) mass is 412 g/mol. The molecule has 0 aliphatic heterocycles. The van der Waals surface area contributed by atoms with E-state index in [1.54, 1.807) is 0 Å². The van der Waals surface area contributed by atoms with E-state index < -0.39 is 39.4 Å². The van der Waals surface area contributed by atoms with Crippen LogP contribution in [0, 0.1) is 12.7 Å². The summed E-state index contributed by atoms with van der Waals surface area (Å²) in [5.41, 5.74) is -0.212. The molecule has 148 valence electrons. The van der Waals surface area contributed by atoms with E-state index in [1.165, 1.54) is 13.0 Å². The first-order chi connectivity index (χ1) is 13.2. The van der Waals surface area contributed by atoms with Crippen LogP contribution >= 0.6 is 0 Å². The lowest BCUT2D eigenvalue weighted by Gasteiger charge is -2.07. The minimum Gasteiger partial charge on any atom is -0.351 e.